The van der Waals surface area contributed by atoms with Gasteiger partial charge in [0.1, 0.15) is 6.10 Å². The Labute approximate surface area is 374 Å². The third-order valence-electron chi connectivity index (χ3n) is 10.9. The number of amides is 1. The van der Waals surface area contributed by atoms with E-state index in [9.17, 15) is 14.4 Å². The molecular weight excluding hydrogens is 716 g/mol. The van der Waals surface area contributed by atoms with Crippen LogP contribution in [0.1, 0.15) is 252 Å². The van der Waals surface area contributed by atoms with Gasteiger partial charge in [0.25, 0.3) is 0 Å². The van der Waals surface area contributed by atoms with Crippen LogP contribution in [0.2, 0.25) is 0 Å². The minimum absolute atomic E-state index is 0. The van der Waals surface area contributed by atoms with Crippen molar-refractivity contribution in [3.8, 4) is 0 Å². The fraction of sp³-hybridized carbons (Fsp3) is 0.900. The van der Waals surface area contributed by atoms with E-state index in [4.69, 9.17) is 9.47 Å². The SMILES string of the molecule is O=[C-]NCCN1CCCCC1.[CH2-]CCCCCCC(=O)OC(CCCCCCCC)CCCCCCCC.[CH2-]CCCCCCC(=O)OCCCCCCCCC.[Li+]. The summed E-state index contributed by atoms with van der Waals surface area (Å²) in [6, 6.07) is 0. The van der Waals surface area contributed by atoms with Gasteiger partial charge < -0.3 is 38.3 Å². The van der Waals surface area contributed by atoms with Crippen molar-refractivity contribution in [3.05, 3.63) is 13.8 Å². The quantitative estimate of drug-likeness (QED) is 0.0219. The first-order valence-electron chi connectivity index (χ1n) is 24.7. The Bertz CT molecular complexity index is 795. The van der Waals surface area contributed by atoms with Gasteiger partial charge in [-0.1, -0.05) is 168 Å². The number of carbonyl (C=O) groups excluding carboxylic acids is 3. The van der Waals surface area contributed by atoms with E-state index >= 15 is 0 Å². The minimum atomic E-state index is -0.0133. The number of esters is 2. The summed E-state index contributed by atoms with van der Waals surface area (Å²) in [5.74, 6) is 0.0206. The van der Waals surface area contributed by atoms with E-state index in [2.05, 4.69) is 44.8 Å². The number of hydrogen-bond donors (Lipinski definition) is 1. The average Bonchev–Trinajstić information content (AvgIpc) is 3.22. The van der Waals surface area contributed by atoms with Gasteiger partial charge in [0, 0.05) is 19.4 Å². The third-order valence-corrected chi connectivity index (χ3v) is 10.9. The van der Waals surface area contributed by atoms with Crippen LogP contribution in [0, 0.1) is 13.8 Å². The molecule has 0 atom stereocenters. The molecule has 0 aliphatic carbocycles. The predicted molar refractivity (Wildman–Crippen MR) is 245 cm³/mol. The summed E-state index contributed by atoms with van der Waals surface area (Å²) < 4.78 is 11.1. The van der Waals surface area contributed by atoms with E-state index < -0.39 is 0 Å². The van der Waals surface area contributed by atoms with Crippen LogP contribution in [0.25, 0.3) is 0 Å². The summed E-state index contributed by atoms with van der Waals surface area (Å²) in [5, 5.41) is 2.55. The normalized spacial score (nSPS) is 12.4. The maximum Gasteiger partial charge on any atom is 1.00 e. The standard InChI is InChI=1S/C25H49O2.C17H33O2.C8H15N2O.Li/c1-4-7-10-13-16-18-21-24(22-19-17-14-11-8-5-2)27-25(26)23-20-15-12-9-6-3;1-3-5-7-9-10-12-14-16-19-17(18)15-13-11-8-6-4-2;11-8-9-4-7-10-5-2-1-3-6-10;/h24H,3-23H2,1-2H3;2-16H2,1H3;1-7H2,(H,9,11);/q3*-1;+1. The second-order valence-corrected chi connectivity index (χ2v) is 16.5. The molecule has 1 rings (SSSR count). The topological polar surface area (TPSA) is 84.9 Å². The van der Waals surface area contributed by atoms with Gasteiger partial charge in [0.05, 0.1) is 6.61 Å². The molecule has 1 fully saturated rings. The van der Waals surface area contributed by atoms with Crippen LogP contribution in [0.3, 0.4) is 0 Å². The van der Waals surface area contributed by atoms with Crippen LogP contribution < -0.4 is 24.2 Å². The number of nitrogens with one attached hydrogen (secondary N) is 1. The van der Waals surface area contributed by atoms with Crippen molar-refractivity contribution < 1.29 is 42.7 Å². The molecule has 0 aromatic carbocycles. The summed E-state index contributed by atoms with van der Waals surface area (Å²) in [6.45, 7) is 19.2. The fourth-order valence-corrected chi connectivity index (χ4v) is 7.18. The molecule has 0 aromatic rings. The first-order valence-corrected chi connectivity index (χ1v) is 24.7. The molecule has 58 heavy (non-hydrogen) atoms. The number of carbonyl (C=O) groups is 2. The summed E-state index contributed by atoms with van der Waals surface area (Å²) in [5.41, 5.74) is 0. The van der Waals surface area contributed by atoms with Gasteiger partial charge in [0.15, 0.2) is 0 Å². The van der Waals surface area contributed by atoms with Crippen LogP contribution in [-0.4, -0.2) is 62.1 Å². The summed E-state index contributed by atoms with van der Waals surface area (Å²) in [7, 11) is 0. The number of likely N-dealkylation sites (tertiary alicyclic amines) is 1. The zero-order valence-electron chi connectivity index (χ0n) is 39.5. The van der Waals surface area contributed by atoms with Crippen LogP contribution in [0.15, 0.2) is 0 Å². The fourth-order valence-electron chi connectivity index (χ4n) is 7.18. The molecule has 0 aromatic heterocycles. The van der Waals surface area contributed by atoms with Crippen LogP contribution in [0.4, 0.5) is 0 Å². The molecule has 0 bridgehead atoms. The number of unbranched alkanes of at least 4 members (excludes halogenated alkanes) is 24. The Morgan fingerprint density at radius 1 is 0.569 bits per heavy atom. The van der Waals surface area contributed by atoms with Gasteiger partial charge in [-0.2, -0.15) is 19.3 Å². The Kier molecular flexibility index (Phi) is 57.0. The Morgan fingerprint density at radius 2 is 0.983 bits per heavy atom. The zero-order chi connectivity index (χ0) is 42.1. The summed E-state index contributed by atoms with van der Waals surface area (Å²) >= 11 is 0. The van der Waals surface area contributed by atoms with E-state index in [1.807, 2.05) is 0 Å². The number of nitrogens with zero attached hydrogens (tertiary/aromatic N) is 1. The molecule has 0 saturated carbocycles. The molecule has 0 spiro atoms. The van der Waals surface area contributed by atoms with Gasteiger partial charge in [-0.3, -0.25) is 9.59 Å². The van der Waals surface area contributed by atoms with E-state index in [1.165, 1.54) is 174 Å². The smallest absolute Gasteiger partial charge is 0.529 e. The molecule has 1 saturated heterocycles. The second-order valence-electron chi connectivity index (χ2n) is 16.5. The first-order chi connectivity index (χ1) is 28.0. The van der Waals surface area contributed by atoms with Crippen molar-refractivity contribution in [3.63, 3.8) is 0 Å². The molecule has 8 heteroatoms. The molecule has 1 amide bonds. The van der Waals surface area contributed by atoms with Crippen molar-refractivity contribution in [2.75, 3.05) is 32.8 Å². The summed E-state index contributed by atoms with van der Waals surface area (Å²) in [6.07, 6.45) is 44.6. The molecule has 1 aliphatic rings. The Hall–Kier alpha value is -1.03. The largest absolute Gasteiger partial charge is 1.00 e. The van der Waals surface area contributed by atoms with Crippen molar-refractivity contribution in [1.82, 2.24) is 10.2 Å². The summed E-state index contributed by atoms with van der Waals surface area (Å²) in [4.78, 5) is 35.8. The first kappa shape index (κ1) is 61.3. The van der Waals surface area contributed by atoms with E-state index in [0.717, 1.165) is 70.9 Å². The van der Waals surface area contributed by atoms with Gasteiger partial charge in [0.2, 0.25) is 0 Å². The third kappa shape index (κ3) is 51.1. The monoisotopic (exact) mass is 813 g/mol. The Balaban J connectivity index is -0.000000844. The molecular formula is C50H97LiN2O5-2. The van der Waals surface area contributed by atoms with E-state index in [-0.39, 0.29) is 36.9 Å². The van der Waals surface area contributed by atoms with Crippen molar-refractivity contribution in [2.24, 2.45) is 0 Å². The number of ether oxygens (including phenoxy) is 2. The maximum atomic E-state index is 12.2. The van der Waals surface area contributed by atoms with Crippen LogP contribution in [-0.2, 0) is 23.9 Å². The number of hydrogen-bond acceptors (Lipinski definition) is 6. The average molecular weight is 813 g/mol. The second kappa shape index (κ2) is 54.0. The molecule has 0 unspecified atom stereocenters. The van der Waals surface area contributed by atoms with Crippen molar-refractivity contribution in [2.45, 2.75) is 258 Å². The van der Waals surface area contributed by atoms with E-state index in [1.54, 1.807) is 6.41 Å². The van der Waals surface area contributed by atoms with E-state index in [0.29, 0.717) is 19.4 Å². The zero-order valence-corrected chi connectivity index (χ0v) is 39.5. The maximum absolute atomic E-state index is 12.2. The van der Waals surface area contributed by atoms with Gasteiger partial charge >= 0.3 is 30.8 Å². The Morgan fingerprint density at radius 3 is 1.45 bits per heavy atom. The van der Waals surface area contributed by atoms with Gasteiger partial charge in [-0.15, -0.1) is 0 Å². The van der Waals surface area contributed by atoms with Crippen molar-refractivity contribution >= 4 is 18.3 Å². The predicted octanol–water partition coefficient (Wildman–Crippen LogP) is 11.2. The van der Waals surface area contributed by atoms with Gasteiger partial charge in [-0.05, 0) is 77.4 Å². The number of rotatable bonds is 39. The molecule has 340 valence electrons. The molecule has 0 radical (unpaired) electrons. The molecule has 7 nitrogen and oxygen atoms in total. The van der Waals surface area contributed by atoms with Crippen LogP contribution in [0.5, 0.6) is 0 Å². The molecule has 1 heterocycles. The molecule has 1 aliphatic heterocycles. The van der Waals surface area contributed by atoms with Crippen LogP contribution >= 0.6 is 0 Å². The number of piperidine rings is 1. The minimum Gasteiger partial charge on any atom is -0.529 e. The van der Waals surface area contributed by atoms with Gasteiger partial charge in [-0.25, -0.2) is 0 Å². The van der Waals surface area contributed by atoms with Crippen molar-refractivity contribution in [1.29, 1.82) is 0 Å². The molecule has 1 N–H and O–H groups in total.